The fourth-order valence-electron chi connectivity index (χ4n) is 2.39. The second-order valence-electron chi connectivity index (χ2n) is 4.56. The second kappa shape index (κ2) is 3.52. The average Bonchev–Trinajstić information content (AvgIpc) is 2.27. The highest BCUT2D eigenvalue weighted by Gasteiger charge is 2.05. The largest absolute Gasteiger partial charge is 0.261 e. The molecule has 84 valence electrons. The molecule has 0 amide bonds. The third-order valence-electron chi connectivity index (χ3n) is 3.17. The molecule has 0 aliphatic heterocycles. The van der Waals surface area contributed by atoms with E-state index in [0.717, 1.165) is 17.1 Å². The van der Waals surface area contributed by atoms with Crippen molar-refractivity contribution in [2.45, 2.75) is 20.8 Å². The molecular weight excluding hydrogens is 208 g/mol. The van der Waals surface area contributed by atoms with Crippen LogP contribution in [0.15, 0.2) is 30.5 Å². The van der Waals surface area contributed by atoms with Crippen LogP contribution in [0.2, 0.25) is 0 Å². The first-order chi connectivity index (χ1) is 8.15. The second-order valence-corrected chi connectivity index (χ2v) is 4.56. The number of hydrogen-bond donors (Lipinski definition) is 0. The Morgan fingerprint density at radius 1 is 0.824 bits per heavy atom. The molecule has 1 aromatic carbocycles. The molecule has 2 aromatic heterocycles. The van der Waals surface area contributed by atoms with E-state index >= 15 is 0 Å². The third kappa shape index (κ3) is 1.57. The van der Waals surface area contributed by atoms with E-state index in [1.165, 1.54) is 21.5 Å². The summed E-state index contributed by atoms with van der Waals surface area (Å²) in [4.78, 5) is 8.90. The Bertz CT molecular complexity index is 730. The molecule has 0 unspecified atom stereocenters. The summed E-state index contributed by atoms with van der Waals surface area (Å²) in [5.41, 5.74) is 3.20. The summed E-state index contributed by atoms with van der Waals surface area (Å²) in [6.07, 6.45) is 1.96. The summed E-state index contributed by atoms with van der Waals surface area (Å²) >= 11 is 0. The first kappa shape index (κ1) is 10.2. The zero-order chi connectivity index (χ0) is 12.0. The van der Waals surface area contributed by atoms with Gasteiger partial charge in [0.05, 0.1) is 0 Å². The van der Waals surface area contributed by atoms with Crippen LogP contribution in [-0.4, -0.2) is 9.97 Å². The lowest BCUT2D eigenvalue weighted by Crippen LogP contribution is -1.90. The molecule has 0 N–H and O–H groups in total. The fourth-order valence-corrected chi connectivity index (χ4v) is 2.39. The van der Waals surface area contributed by atoms with Gasteiger partial charge in [0, 0.05) is 34.1 Å². The van der Waals surface area contributed by atoms with Crippen LogP contribution in [0.5, 0.6) is 0 Å². The van der Waals surface area contributed by atoms with Crippen molar-refractivity contribution in [3.05, 3.63) is 47.5 Å². The van der Waals surface area contributed by atoms with E-state index in [2.05, 4.69) is 41.2 Å². The number of rotatable bonds is 0. The summed E-state index contributed by atoms with van der Waals surface area (Å²) < 4.78 is 0. The minimum atomic E-state index is 1.05. The predicted octanol–water partition coefficient (Wildman–Crippen LogP) is 3.71. The average molecular weight is 222 g/mol. The summed E-state index contributed by atoms with van der Waals surface area (Å²) in [6.45, 7) is 6.11. The Morgan fingerprint density at radius 2 is 1.65 bits per heavy atom. The molecule has 0 spiro atoms. The van der Waals surface area contributed by atoms with Gasteiger partial charge in [0.15, 0.2) is 0 Å². The molecular formula is C15H14N2. The Kier molecular flexibility index (Phi) is 2.11. The van der Waals surface area contributed by atoms with Crippen LogP contribution < -0.4 is 0 Å². The molecule has 3 aromatic rings. The Labute approximate surface area is 100 Å². The van der Waals surface area contributed by atoms with Crippen molar-refractivity contribution in [2.75, 3.05) is 0 Å². The van der Waals surface area contributed by atoms with Crippen molar-refractivity contribution in [3.63, 3.8) is 0 Å². The Morgan fingerprint density at radius 3 is 2.47 bits per heavy atom. The Balaban J connectivity index is 2.55. The maximum atomic E-state index is 4.51. The van der Waals surface area contributed by atoms with Crippen LogP contribution in [0.1, 0.15) is 17.1 Å². The molecule has 0 fully saturated rings. The van der Waals surface area contributed by atoms with Crippen LogP contribution in [-0.2, 0) is 0 Å². The molecule has 0 saturated carbocycles. The Hall–Kier alpha value is -1.96. The minimum absolute atomic E-state index is 1.05. The minimum Gasteiger partial charge on any atom is -0.261 e. The summed E-state index contributed by atoms with van der Waals surface area (Å²) in [7, 11) is 0. The molecule has 2 heteroatoms. The van der Waals surface area contributed by atoms with E-state index in [1.54, 1.807) is 0 Å². The number of aromatic nitrogens is 2. The lowest BCUT2D eigenvalue weighted by Gasteiger charge is -2.07. The quantitative estimate of drug-likeness (QED) is 0.542. The fraction of sp³-hybridized carbons (Fsp3) is 0.200. The molecule has 0 saturated heterocycles. The van der Waals surface area contributed by atoms with Gasteiger partial charge < -0.3 is 0 Å². The van der Waals surface area contributed by atoms with Gasteiger partial charge in [-0.3, -0.25) is 9.97 Å². The van der Waals surface area contributed by atoms with Crippen molar-refractivity contribution in [3.8, 4) is 0 Å². The number of nitrogens with zero attached hydrogens (tertiary/aromatic N) is 2. The highest BCUT2D eigenvalue weighted by atomic mass is 14.7. The molecule has 0 atom stereocenters. The van der Waals surface area contributed by atoms with E-state index in [1.807, 2.05) is 20.0 Å². The van der Waals surface area contributed by atoms with Gasteiger partial charge >= 0.3 is 0 Å². The monoisotopic (exact) mass is 222 g/mol. The van der Waals surface area contributed by atoms with Gasteiger partial charge in [-0.1, -0.05) is 12.1 Å². The molecule has 0 radical (unpaired) electrons. The van der Waals surface area contributed by atoms with E-state index in [9.17, 15) is 0 Å². The van der Waals surface area contributed by atoms with Gasteiger partial charge in [-0.2, -0.15) is 0 Å². The smallest absolute Gasteiger partial charge is 0.0454 e. The van der Waals surface area contributed by atoms with E-state index in [0.29, 0.717) is 0 Å². The summed E-state index contributed by atoms with van der Waals surface area (Å²) in [5.74, 6) is 0. The first-order valence-electron chi connectivity index (χ1n) is 5.78. The molecule has 0 aliphatic rings. The molecule has 17 heavy (non-hydrogen) atoms. The normalized spacial score (nSPS) is 11.2. The van der Waals surface area contributed by atoms with Gasteiger partial charge in [0.25, 0.3) is 0 Å². The van der Waals surface area contributed by atoms with Gasteiger partial charge in [-0.25, -0.2) is 0 Å². The molecule has 3 rings (SSSR count). The van der Waals surface area contributed by atoms with Crippen LogP contribution in [0.4, 0.5) is 0 Å². The molecule has 0 bridgehead atoms. The standard InChI is InChI=1S/C15H14N2/c1-9-6-12-4-5-13-11(3)17-10(2)7-14(13)15(12)8-16-9/h4-8H,1-3H3. The van der Waals surface area contributed by atoms with Gasteiger partial charge in [-0.15, -0.1) is 0 Å². The predicted molar refractivity (Wildman–Crippen MR) is 71.3 cm³/mol. The topological polar surface area (TPSA) is 25.8 Å². The lowest BCUT2D eigenvalue weighted by molar-refractivity contribution is 1.15. The van der Waals surface area contributed by atoms with E-state index < -0.39 is 0 Å². The summed E-state index contributed by atoms with van der Waals surface area (Å²) in [6, 6.07) is 8.57. The maximum Gasteiger partial charge on any atom is 0.0454 e. The first-order valence-corrected chi connectivity index (χ1v) is 5.78. The van der Waals surface area contributed by atoms with Gasteiger partial charge in [0.1, 0.15) is 0 Å². The van der Waals surface area contributed by atoms with Crippen molar-refractivity contribution in [1.82, 2.24) is 9.97 Å². The molecule has 2 heterocycles. The number of hydrogen-bond acceptors (Lipinski definition) is 2. The van der Waals surface area contributed by atoms with Gasteiger partial charge in [0.2, 0.25) is 0 Å². The van der Waals surface area contributed by atoms with Crippen LogP contribution in [0.3, 0.4) is 0 Å². The number of aryl methyl sites for hydroxylation is 3. The summed E-state index contributed by atoms with van der Waals surface area (Å²) in [5, 5.41) is 4.92. The van der Waals surface area contributed by atoms with Crippen LogP contribution in [0, 0.1) is 20.8 Å². The molecule has 2 nitrogen and oxygen atoms in total. The van der Waals surface area contributed by atoms with Crippen molar-refractivity contribution >= 4 is 21.5 Å². The zero-order valence-electron chi connectivity index (χ0n) is 10.3. The van der Waals surface area contributed by atoms with Crippen LogP contribution in [0.25, 0.3) is 21.5 Å². The maximum absolute atomic E-state index is 4.51. The number of pyridine rings is 2. The van der Waals surface area contributed by atoms with E-state index in [-0.39, 0.29) is 0 Å². The highest BCUT2D eigenvalue weighted by molar-refractivity contribution is 6.07. The van der Waals surface area contributed by atoms with Crippen LogP contribution >= 0.6 is 0 Å². The number of fused-ring (bicyclic) bond motifs is 3. The molecule has 0 aliphatic carbocycles. The van der Waals surface area contributed by atoms with E-state index in [4.69, 9.17) is 0 Å². The van der Waals surface area contributed by atoms with Crippen molar-refractivity contribution in [2.24, 2.45) is 0 Å². The third-order valence-corrected chi connectivity index (χ3v) is 3.17. The highest BCUT2D eigenvalue weighted by Crippen LogP contribution is 2.27. The lowest BCUT2D eigenvalue weighted by atomic mass is 10.0. The van der Waals surface area contributed by atoms with Gasteiger partial charge in [-0.05, 0) is 43.7 Å². The number of benzene rings is 1. The SMILES string of the molecule is Cc1cc2ccc3c(C)nc(C)cc3c2cn1. The van der Waals surface area contributed by atoms with Crippen molar-refractivity contribution in [1.29, 1.82) is 0 Å². The van der Waals surface area contributed by atoms with Crippen molar-refractivity contribution < 1.29 is 0 Å². The zero-order valence-corrected chi connectivity index (χ0v) is 10.3.